The van der Waals surface area contributed by atoms with Crippen molar-refractivity contribution in [3.05, 3.63) is 50.8 Å². The Hall–Kier alpha value is -2.17. The standard InChI is InChI=1S/C15H18N4O/c1-9-10(2)17-11(3)18-15(9)19-7-5-13-12(8-19)14(20)4-6-16-13/h4,6H,5,7-8H2,1-3H3,(H,16,20). The number of pyridine rings is 1. The molecule has 0 aromatic carbocycles. The molecule has 0 unspecified atom stereocenters. The fourth-order valence-electron chi connectivity index (χ4n) is 2.71. The fourth-order valence-corrected chi connectivity index (χ4v) is 2.71. The Morgan fingerprint density at radius 2 is 2.05 bits per heavy atom. The fraction of sp³-hybridized carbons (Fsp3) is 0.400. The number of nitrogens with one attached hydrogen (secondary N) is 1. The summed E-state index contributed by atoms with van der Waals surface area (Å²) in [5, 5.41) is 0. The SMILES string of the molecule is Cc1nc(C)c(C)c(N2CCc3[nH]ccc(=O)c3C2)n1. The van der Waals surface area contributed by atoms with Crippen LogP contribution in [-0.2, 0) is 13.0 Å². The summed E-state index contributed by atoms with van der Waals surface area (Å²) in [7, 11) is 0. The van der Waals surface area contributed by atoms with Crippen LogP contribution in [0.2, 0.25) is 0 Å². The van der Waals surface area contributed by atoms with E-state index < -0.39 is 0 Å². The first kappa shape index (κ1) is 12.8. The topological polar surface area (TPSA) is 61.9 Å². The Morgan fingerprint density at radius 1 is 1.25 bits per heavy atom. The van der Waals surface area contributed by atoms with Gasteiger partial charge in [0.25, 0.3) is 0 Å². The first-order valence-corrected chi connectivity index (χ1v) is 6.82. The summed E-state index contributed by atoms with van der Waals surface area (Å²) in [6.07, 6.45) is 2.56. The van der Waals surface area contributed by atoms with Gasteiger partial charge in [-0.25, -0.2) is 9.97 Å². The molecule has 5 heteroatoms. The second kappa shape index (κ2) is 4.74. The number of H-pyrrole nitrogens is 1. The molecule has 0 saturated carbocycles. The summed E-state index contributed by atoms with van der Waals surface area (Å²) in [5.41, 5.74) is 4.09. The van der Waals surface area contributed by atoms with E-state index in [1.165, 1.54) is 0 Å². The van der Waals surface area contributed by atoms with Crippen LogP contribution >= 0.6 is 0 Å². The second-order valence-electron chi connectivity index (χ2n) is 5.28. The van der Waals surface area contributed by atoms with E-state index in [1.807, 2.05) is 20.8 Å². The molecule has 1 aliphatic rings. The van der Waals surface area contributed by atoms with Gasteiger partial charge in [0, 0.05) is 54.3 Å². The summed E-state index contributed by atoms with van der Waals surface area (Å²) in [6.45, 7) is 7.42. The van der Waals surface area contributed by atoms with Crippen LogP contribution in [-0.4, -0.2) is 21.5 Å². The van der Waals surface area contributed by atoms with E-state index in [0.717, 1.165) is 47.1 Å². The van der Waals surface area contributed by atoms with E-state index in [1.54, 1.807) is 12.3 Å². The molecule has 20 heavy (non-hydrogen) atoms. The molecule has 3 heterocycles. The molecule has 0 bridgehead atoms. The highest BCUT2D eigenvalue weighted by molar-refractivity contribution is 5.50. The molecule has 1 N–H and O–H groups in total. The zero-order valence-corrected chi connectivity index (χ0v) is 12.0. The average Bonchev–Trinajstić information content (AvgIpc) is 2.43. The van der Waals surface area contributed by atoms with Crippen molar-refractivity contribution in [3.63, 3.8) is 0 Å². The molecule has 2 aromatic rings. The maximum atomic E-state index is 12.0. The van der Waals surface area contributed by atoms with Gasteiger partial charge in [0.2, 0.25) is 0 Å². The lowest BCUT2D eigenvalue weighted by Gasteiger charge is -2.30. The third kappa shape index (κ3) is 2.09. The van der Waals surface area contributed by atoms with Crippen LogP contribution in [0.1, 0.15) is 28.3 Å². The maximum Gasteiger partial charge on any atom is 0.186 e. The Morgan fingerprint density at radius 3 is 2.85 bits per heavy atom. The molecule has 0 amide bonds. The zero-order valence-electron chi connectivity index (χ0n) is 12.0. The van der Waals surface area contributed by atoms with Crippen LogP contribution in [0.25, 0.3) is 0 Å². The van der Waals surface area contributed by atoms with E-state index in [9.17, 15) is 4.79 Å². The Kier molecular flexibility index (Phi) is 3.04. The summed E-state index contributed by atoms with van der Waals surface area (Å²) in [4.78, 5) is 26.3. The highest BCUT2D eigenvalue weighted by Gasteiger charge is 2.22. The van der Waals surface area contributed by atoms with Crippen LogP contribution in [0.3, 0.4) is 0 Å². The molecule has 0 saturated heterocycles. The number of fused-ring (bicyclic) bond motifs is 1. The minimum atomic E-state index is 0.101. The van der Waals surface area contributed by atoms with Gasteiger partial charge in [0.05, 0.1) is 0 Å². The van der Waals surface area contributed by atoms with Crippen LogP contribution in [0, 0.1) is 20.8 Å². The maximum absolute atomic E-state index is 12.0. The van der Waals surface area contributed by atoms with Crippen molar-refractivity contribution in [1.29, 1.82) is 0 Å². The Bertz CT molecular complexity index is 720. The Balaban J connectivity index is 2.03. The van der Waals surface area contributed by atoms with E-state index >= 15 is 0 Å². The second-order valence-corrected chi connectivity index (χ2v) is 5.28. The summed E-state index contributed by atoms with van der Waals surface area (Å²) in [6, 6.07) is 1.59. The van der Waals surface area contributed by atoms with Crippen LogP contribution in [0.15, 0.2) is 17.1 Å². The molecule has 104 valence electrons. The van der Waals surface area contributed by atoms with Crippen molar-refractivity contribution in [2.24, 2.45) is 0 Å². The van der Waals surface area contributed by atoms with Gasteiger partial charge in [-0.15, -0.1) is 0 Å². The van der Waals surface area contributed by atoms with Crippen molar-refractivity contribution in [1.82, 2.24) is 15.0 Å². The molecule has 2 aromatic heterocycles. The lowest BCUT2D eigenvalue weighted by molar-refractivity contribution is 0.691. The number of aromatic nitrogens is 3. The van der Waals surface area contributed by atoms with Gasteiger partial charge in [-0.1, -0.05) is 0 Å². The third-order valence-corrected chi connectivity index (χ3v) is 3.91. The van der Waals surface area contributed by atoms with Gasteiger partial charge in [-0.3, -0.25) is 4.79 Å². The van der Waals surface area contributed by atoms with Gasteiger partial charge in [-0.05, 0) is 20.8 Å². The smallest absolute Gasteiger partial charge is 0.186 e. The number of rotatable bonds is 1. The Labute approximate surface area is 117 Å². The molecule has 1 aliphatic heterocycles. The molecule has 0 fully saturated rings. The number of aryl methyl sites for hydroxylation is 2. The lowest BCUT2D eigenvalue weighted by Crippen LogP contribution is -2.35. The van der Waals surface area contributed by atoms with Gasteiger partial charge >= 0.3 is 0 Å². The molecule has 0 aliphatic carbocycles. The molecule has 5 nitrogen and oxygen atoms in total. The minimum Gasteiger partial charge on any atom is -0.364 e. The third-order valence-electron chi connectivity index (χ3n) is 3.91. The van der Waals surface area contributed by atoms with Crippen molar-refractivity contribution in [3.8, 4) is 0 Å². The zero-order chi connectivity index (χ0) is 14.3. The van der Waals surface area contributed by atoms with Crippen LogP contribution in [0.5, 0.6) is 0 Å². The van der Waals surface area contributed by atoms with Gasteiger partial charge in [0.15, 0.2) is 5.43 Å². The largest absolute Gasteiger partial charge is 0.364 e. The van der Waals surface area contributed by atoms with E-state index in [-0.39, 0.29) is 5.43 Å². The van der Waals surface area contributed by atoms with E-state index in [4.69, 9.17) is 0 Å². The number of anilines is 1. The summed E-state index contributed by atoms with van der Waals surface area (Å²) < 4.78 is 0. The van der Waals surface area contributed by atoms with E-state index in [2.05, 4.69) is 19.9 Å². The van der Waals surface area contributed by atoms with E-state index in [0.29, 0.717) is 6.54 Å². The molecule has 0 spiro atoms. The predicted molar refractivity (Wildman–Crippen MR) is 78.1 cm³/mol. The number of nitrogens with zero attached hydrogens (tertiary/aromatic N) is 3. The van der Waals surface area contributed by atoms with Crippen LogP contribution in [0.4, 0.5) is 5.82 Å². The highest BCUT2D eigenvalue weighted by Crippen LogP contribution is 2.24. The van der Waals surface area contributed by atoms with Crippen LogP contribution < -0.4 is 10.3 Å². The molecule has 0 atom stereocenters. The molecular formula is C15H18N4O. The van der Waals surface area contributed by atoms with Gasteiger partial charge in [-0.2, -0.15) is 0 Å². The van der Waals surface area contributed by atoms with Gasteiger partial charge in [0.1, 0.15) is 11.6 Å². The van der Waals surface area contributed by atoms with Crippen molar-refractivity contribution < 1.29 is 0 Å². The normalized spacial score (nSPS) is 14.2. The average molecular weight is 270 g/mol. The van der Waals surface area contributed by atoms with Crippen molar-refractivity contribution in [2.45, 2.75) is 33.7 Å². The number of hydrogen-bond acceptors (Lipinski definition) is 4. The molecule has 3 rings (SSSR count). The lowest BCUT2D eigenvalue weighted by atomic mass is 10.0. The molecular weight excluding hydrogens is 252 g/mol. The number of hydrogen-bond donors (Lipinski definition) is 1. The summed E-state index contributed by atoms with van der Waals surface area (Å²) >= 11 is 0. The quantitative estimate of drug-likeness (QED) is 0.856. The number of aromatic amines is 1. The monoisotopic (exact) mass is 270 g/mol. The first-order valence-electron chi connectivity index (χ1n) is 6.82. The minimum absolute atomic E-state index is 0.101. The first-order chi connectivity index (χ1) is 9.56. The molecule has 0 radical (unpaired) electrons. The van der Waals surface area contributed by atoms with Crippen molar-refractivity contribution >= 4 is 5.82 Å². The highest BCUT2D eigenvalue weighted by atomic mass is 16.1. The predicted octanol–water partition coefficient (Wildman–Crippen LogP) is 1.65. The van der Waals surface area contributed by atoms with Crippen molar-refractivity contribution in [2.75, 3.05) is 11.4 Å². The van der Waals surface area contributed by atoms with Gasteiger partial charge < -0.3 is 9.88 Å². The summed E-state index contributed by atoms with van der Waals surface area (Å²) in [5.74, 6) is 1.72.